The maximum Gasteiger partial charge on any atom is 0.0376 e. The third-order valence-corrected chi connectivity index (χ3v) is 3.36. The fourth-order valence-corrected chi connectivity index (χ4v) is 2.42. The number of unbranched alkanes of at least 4 members (excludes halogenated alkanes) is 1. The molecular formula is C14H22N2. The lowest BCUT2D eigenvalue weighted by Crippen LogP contribution is -2.26. The van der Waals surface area contributed by atoms with E-state index in [1.165, 1.54) is 37.2 Å². The fraction of sp³-hybridized carbons (Fsp3) is 0.571. The van der Waals surface area contributed by atoms with E-state index < -0.39 is 0 Å². The van der Waals surface area contributed by atoms with Gasteiger partial charge in [0.2, 0.25) is 0 Å². The van der Waals surface area contributed by atoms with Crippen LogP contribution in [0.25, 0.3) is 0 Å². The molecule has 1 N–H and O–H groups in total. The van der Waals surface area contributed by atoms with E-state index in [9.17, 15) is 0 Å². The molecule has 0 saturated heterocycles. The summed E-state index contributed by atoms with van der Waals surface area (Å²) in [6, 6.07) is 8.69. The first-order chi connectivity index (χ1) is 7.81. The number of anilines is 1. The second-order valence-corrected chi connectivity index (χ2v) is 4.78. The molecule has 1 atom stereocenters. The molecule has 1 aliphatic rings. The number of hydrogen-bond donors (Lipinski definition) is 1. The molecule has 0 aromatic heterocycles. The van der Waals surface area contributed by atoms with Crippen molar-refractivity contribution in [3.63, 3.8) is 0 Å². The highest BCUT2D eigenvalue weighted by atomic mass is 15.1. The van der Waals surface area contributed by atoms with Crippen LogP contribution in [0.2, 0.25) is 0 Å². The third kappa shape index (κ3) is 2.56. The van der Waals surface area contributed by atoms with Crippen LogP contribution in [-0.4, -0.2) is 31.6 Å². The largest absolute Gasteiger partial charge is 0.384 e. The summed E-state index contributed by atoms with van der Waals surface area (Å²) in [7, 11) is 2.23. The molecule has 2 heteroatoms. The van der Waals surface area contributed by atoms with Crippen LogP contribution in [-0.2, 0) is 0 Å². The Bertz CT molecular complexity index is 335. The van der Waals surface area contributed by atoms with E-state index in [4.69, 9.17) is 0 Å². The number of benzene rings is 1. The van der Waals surface area contributed by atoms with Crippen molar-refractivity contribution in [3.8, 4) is 0 Å². The Labute approximate surface area is 98.7 Å². The molecule has 0 aliphatic carbocycles. The summed E-state index contributed by atoms with van der Waals surface area (Å²) >= 11 is 0. The number of nitrogens with one attached hydrogen (secondary N) is 1. The summed E-state index contributed by atoms with van der Waals surface area (Å²) in [5.41, 5.74) is 2.82. The van der Waals surface area contributed by atoms with Crippen molar-refractivity contribution in [2.75, 3.05) is 32.0 Å². The van der Waals surface area contributed by atoms with E-state index in [1.807, 2.05) is 0 Å². The van der Waals surface area contributed by atoms with Crippen molar-refractivity contribution in [3.05, 3.63) is 29.8 Å². The Morgan fingerprint density at radius 2 is 2.19 bits per heavy atom. The average molecular weight is 218 g/mol. The standard InChI is InChI=1S/C14H22N2/c1-3-4-9-16(2)11-12-10-15-14-8-6-5-7-13(12)14/h5-8,12,15H,3-4,9-11H2,1-2H3. The maximum atomic E-state index is 3.48. The Hall–Kier alpha value is -1.02. The number of likely N-dealkylation sites (N-methyl/N-ethyl adjacent to an activating group) is 1. The molecule has 0 bridgehead atoms. The lowest BCUT2D eigenvalue weighted by molar-refractivity contribution is 0.311. The first-order valence-electron chi connectivity index (χ1n) is 6.32. The molecule has 0 spiro atoms. The van der Waals surface area contributed by atoms with Crippen LogP contribution in [0.15, 0.2) is 24.3 Å². The van der Waals surface area contributed by atoms with Crippen molar-refractivity contribution in [1.29, 1.82) is 0 Å². The van der Waals surface area contributed by atoms with Crippen molar-refractivity contribution in [2.24, 2.45) is 0 Å². The van der Waals surface area contributed by atoms with Crippen molar-refractivity contribution >= 4 is 5.69 Å². The van der Waals surface area contributed by atoms with Crippen LogP contribution in [0, 0.1) is 0 Å². The molecule has 1 unspecified atom stereocenters. The van der Waals surface area contributed by atoms with E-state index in [0.717, 1.165) is 6.54 Å². The summed E-state index contributed by atoms with van der Waals surface area (Å²) in [4.78, 5) is 2.46. The SMILES string of the molecule is CCCCN(C)CC1CNc2ccccc21. The maximum absolute atomic E-state index is 3.48. The molecule has 1 aromatic carbocycles. The van der Waals surface area contributed by atoms with Crippen molar-refractivity contribution in [1.82, 2.24) is 4.90 Å². The summed E-state index contributed by atoms with van der Waals surface area (Å²) in [5, 5.41) is 3.48. The van der Waals surface area contributed by atoms with Gasteiger partial charge in [-0.15, -0.1) is 0 Å². The van der Waals surface area contributed by atoms with Crippen LogP contribution in [0.3, 0.4) is 0 Å². The molecule has 2 rings (SSSR count). The molecule has 2 nitrogen and oxygen atoms in total. The van der Waals surface area contributed by atoms with Gasteiger partial charge in [-0.2, -0.15) is 0 Å². The minimum Gasteiger partial charge on any atom is -0.384 e. The normalized spacial score (nSPS) is 18.6. The summed E-state index contributed by atoms with van der Waals surface area (Å²) in [6.07, 6.45) is 2.59. The summed E-state index contributed by atoms with van der Waals surface area (Å²) in [5.74, 6) is 0.665. The number of para-hydroxylation sites is 1. The van der Waals surface area contributed by atoms with Crippen LogP contribution in [0.1, 0.15) is 31.2 Å². The molecule has 16 heavy (non-hydrogen) atoms. The predicted molar refractivity (Wildman–Crippen MR) is 70.1 cm³/mol. The van der Waals surface area contributed by atoms with Gasteiger partial charge in [-0.1, -0.05) is 31.5 Å². The van der Waals surface area contributed by atoms with Gasteiger partial charge in [0.25, 0.3) is 0 Å². The lowest BCUT2D eigenvalue weighted by Gasteiger charge is -2.20. The van der Waals surface area contributed by atoms with Crippen LogP contribution >= 0.6 is 0 Å². The highest BCUT2D eigenvalue weighted by molar-refractivity contribution is 5.57. The van der Waals surface area contributed by atoms with E-state index in [-0.39, 0.29) is 0 Å². The van der Waals surface area contributed by atoms with Gasteiger partial charge < -0.3 is 10.2 Å². The van der Waals surface area contributed by atoms with Gasteiger partial charge in [0.15, 0.2) is 0 Å². The third-order valence-electron chi connectivity index (χ3n) is 3.36. The van der Waals surface area contributed by atoms with E-state index >= 15 is 0 Å². The minimum atomic E-state index is 0.665. The molecule has 0 amide bonds. The van der Waals surface area contributed by atoms with Gasteiger partial charge in [-0.05, 0) is 31.6 Å². The van der Waals surface area contributed by atoms with E-state index in [2.05, 4.69) is 48.5 Å². The average Bonchev–Trinajstić information content (AvgIpc) is 2.70. The second-order valence-electron chi connectivity index (χ2n) is 4.78. The first kappa shape index (κ1) is 11.5. The molecule has 1 aromatic rings. The van der Waals surface area contributed by atoms with Gasteiger partial charge in [-0.25, -0.2) is 0 Å². The molecule has 88 valence electrons. The smallest absolute Gasteiger partial charge is 0.0376 e. The number of hydrogen-bond acceptors (Lipinski definition) is 2. The lowest BCUT2D eigenvalue weighted by atomic mass is 10.0. The quantitative estimate of drug-likeness (QED) is 0.817. The van der Waals surface area contributed by atoms with Crippen molar-refractivity contribution in [2.45, 2.75) is 25.7 Å². The van der Waals surface area contributed by atoms with Crippen LogP contribution in [0.5, 0.6) is 0 Å². The van der Waals surface area contributed by atoms with Crippen LogP contribution < -0.4 is 5.32 Å². The number of nitrogens with zero attached hydrogens (tertiary/aromatic N) is 1. The second kappa shape index (κ2) is 5.35. The summed E-state index contributed by atoms with van der Waals surface area (Å²) < 4.78 is 0. The van der Waals surface area contributed by atoms with E-state index in [0.29, 0.717) is 5.92 Å². The Morgan fingerprint density at radius 3 is 3.00 bits per heavy atom. The molecule has 1 aliphatic heterocycles. The molecule has 0 radical (unpaired) electrons. The van der Waals surface area contributed by atoms with Gasteiger partial charge >= 0.3 is 0 Å². The van der Waals surface area contributed by atoms with Gasteiger partial charge in [0.05, 0.1) is 0 Å². The Morgan fingerprint density at radius 1 is 1.38 bits per heavy atom. The Kier molecular flexibility index (Phi) is 3.83. The first-order valence-corrected chi connectivity index (χ1v) is 6.32. The molecule has 0 saturated carbocycles. The zero-order chi connectivity index (χ0) is 11.4. The van der Waals surface area contributed by atoms with Gasteiger partial charge in [0.1, 0.15) is 0 Å². The fourth-order valence-electron chi connectivity index (χ4n) is 2.42. The highest BCUT2D eigenvalue weighted by Crippen LogP contribution is 2.31. The van der Waals surface area contributed by atoms with Crippen LogP contribution in [0.4, 0.5) is 5.69 Å². The monoisotopic (exact) mass is 218 g/mol. The summed E-state index contributed by atoms with van der Waals surface area (Å²) in [6.45, 7) is 5.73. The van der Waals surface area contributed by atoms with Crippen molar-refractivity contribution < 1.29 is 0 Å². The number of rotatable bonds is 5. The Balaban J connectivity index is 1.92. The topological polar surface area (TPSA) is 15.3 Å². The van der Waals surface area contributed by atoms with E-state index in [1.54, 1.807) is 0 Å². The zero-order valence-corrected chi connectivity index (χ0v) is 10.4. The molecule has 1 heterocycles. The predicted octanol–water partition coefficient (Wildman–Crippen LogP) is 2.93. The zero-order valence-electron chi connectivity index (χ0n) is 10.4. The van der Waals surface area contributed by atoms with Gasteiger partial charge in [0, 0.05) is 24.7 Å². The molecule has 0 fully saturated rings. The molecular weight excluding hydrogens is 196 g/mol. The minimum absolute atomic E-state index is 0.665. The number of fused-ring (bicyclic) bond motifs is 1. The van der Waals surface area contributed by atoms with Gasteiger partial charge in [-0.3, -0.25) is 0 Å². The highest BCUT2D eigenvalue weighted by Gasteiger charge is 2.22.